The number of aromatic hydroxyl groups is 1. The van der Waals surface area contributed by atoms with Crippen LogP contribution in [-0.4, -0.2) is 28.3 Å². The van der Waals surface area contributed by atoms with Gasteiger partial charge in [-0.05, 0) is 60.2 Å². The van der Waals surface area contributed by atoms with Crippen molar-refractivity contribution in [2.45, 2.75) is 31.7 Å². The molecule has 2 amide bonds. The van der Waals surface area contributed by atoms with Gasteiger partial charge in [-0.15, -0.1) is 0 Å². The van der Waals surface area contributed by atoms with Gasteiger partial charge in [0.05, 0.1) is 0 Å². The number of benzene rings is 2. The zero-order valence-corrected chi connectivity index (χ0v) is 13.7. The first-order valence-electron chi connectivity index (χ1n) is 8.21. The lowest BCUT2D eigenvalue weighted by atomic mass is 10.1. The van der Waals surface area contributed by atoms with Gasteiger partial charge in [-0.2, -0.15) is 0 Å². The van der Waals surface area contributed by atoms with Gasteiger partial charge < -0.3 is 20.8 Å². The molecule has 2 aromatic rings. The Morgan fingerprint density at radius 2 is 1.76 bits per heavy atom. The van der Waals surface area contributed by atoms with Gasteiger partial charge in [-0.25, -0.2) is 9.59 Å². The average molecular weight is 340 g/mol. The van der Waals surface area contributed by atoms with Gasteiger partial charge in [0, 0.05) is 12.1 Å². The predicted octanol–water partition coefficient (Wildman–Crippen LogP) is 2.70. The van der Waals surface area contributed by atoms with E-state index in [1.165, 1.54) is 23.3 Å². The van der Waals surface area contributed by atoms with E-state index >= 15 is 0 Å². The van der Waals surface area contributed by atoms with Crippen molar-refractivity contribution in [1.82, 2.24) is 5.32 Å². The Bertz CT molecular complexity index is 787. The zero-order valence-electron chi connectivity index (χ0n) is 13.7. The number of anilines is 1. The Balaban J connectivity index is 1.62. The van der Waals surface area contributed by atoms with E-state index in [1.807, 2.05) is 18.2 Å². The molecular formula is C19H20N2O4. The molecule has 0 radical (unpaired) electrons. The van der Waals surface area contributed by atoms with Crippen molar-refractivity contribution in [3.05, 3.63) is 59.2 Å². The lowest BCUT2D eigenvalue weighted by Crippen LogP contribution is -2.44. The number of nitrogens with one attached hydrogen (secondary N) is 2. The summed E-state index contributed by atoms with van der Waals surface area (Å²) in [5.74, 6) is -1.00. The van der Waals surface area contributed by atoms with Crippen LogP contribution in [0.15, 0.2) is 42.5 Å². The summed E-state index contributed by atoms with van der Waals surface area (Å²) >= 11 is 0. The highest BCUT2D eigenvalue weighted by Crippen LogP contribution is 2.24. The van der Waals surface area contributed by atoms with Crippen molar-refractivity contribution in [2.24, 2.45) is 0 Å². The normalized spacial score (nSPS) is 13.8. The SMILES string of the molecule is O=C(Nc1ccc2c(c1)CCC2)NC(Cc1ccc(O)cc1)C(=O)O. The number of carboxylic acid groups (broad SMARTS) is 1. The maximum absolute atomic E-state index is 12.1. The second-order valence-corrected chi connectivity index (χ2v) is 6.20. The summed E-state index contributed by atoms with van der Waals surface area (Å²) in [5.41, 5.74) is 3.91. The quantitative estimate of drug-likeness (QED) is 0.672. The third kappa shape index (κ3) is 4.29. The molecule has 0 fully saturated rings. The van der Waals surface area contributed by atoms with E-state index < -0.39 is 18.0 Å². The van der Waals surface area contributed by atoms with Crippen LogP contribution in [0.5, 0.6) is 5.75 Å². The number of aryl methyl sites for hydroxylation is 2. The Morgan fingerprint density at radius 3 is 2.48 bits per heavy atom. The van der Waals surface area contributed by atoms with Gasteiger partial charge in [-0.3, -0.25) is 0 Å². The van der Waals surface area contributed by atoms with Crippen LogP contribution in [0.4, 0.5) is 10.5 Å². The highest BCUT2D eigenvalue weighted by atomic mass is 16.4. The molecule has 6 nitrogen and oxygen atoms in total. The molecule has 1 unspecified atom stereocenters. The lowest BCUT2D eigenvalue weighted by Gasteiger charge is -2.16. The number of hydrogen-bond acceptors (Lipinski definition) is 3. The van der Waals surface area contributed by atoms with Crippen molar-refractivity contribution in [1.29, 1.82) is 0 Å². The van der Waals surface area contributed by atoms with E-state index in [2.05, 4.69) is 10.6 Å². The molecule has 1 atom stereocenters. The molecule has 0 bridgehead atoms. The van der Waals surface area contributed by atoms with E-state index in [9.17, 15) is 19.8 Å². The zero-order chi connectivity index (χ0) is 17.8. The molecule has 130 valence electrons. The second kappa shape index (κ2) is 7.25. The van der Waals surface area contributed by atoms with Crippen LogP contribution in [0.2, 0.25) is 0 Å². The molecule has 0 aliphatic heterocycles. The van der Waals surface area contributed by atoms with Gasteiger partial charge in [0.15, 0.2) is 0 Å². The first-order valence-corrected chi connectivity index (χ1v) is 8.21. The van der Waals surface area contributed by atoms with Crippen LogP contribution in [0.1, 0.15) is 23.1 Å². The van der Waals surface area contributed by atoms with Crippen LogP contribution in [0.3, 0.4) is 0 Å². The van der Waals surface area contributed by atoms with Crippen LogP contribution in [0, 0.1) is 0 Å². The second-order valence-electron chi connectivity index (χ2n) is 6.20. The number of carbonyl (C=O) groups is 2. The molecule has 6 heteroatoms. The van der Waals surface area contributed by atoms with Gasteiger partial charge in [0.25, 0.3) is 0 Å². The fourth-order valence-electron chi connectivity index (χ4n) is 3.04. The molecule has 25 heavy (non-hydrogen) atoms. The molecule has 1 aliphatic rings. The fourth-order valence-corrected chi connectivity index (χ4v) is 3.04. The monoisotopic (exact) mass is 340 g/mol. The number of carbonyl (C=O) groups excluding carboxylic acids is 1. The number of aliphatic carboxylic acids is 1. The summed E-state index contributed by atoms with van der Waals surface area (Å²) in [7, 11) is 0. The first-order chi connectivity index (χ1) is 12.0. The topological polar surface area (TPSA) is 98.7 Å². The molecule has 3 rings (SSSR count). The third-order valence-corrected chi connectivity index (χ3v) is 4.34. The summed E-state index contributed by atoms with van der Waals surface area (Å²) in [6, 6.07) is 10.4. The number of hydrogen-bond donors (Lipinski definition) is 4. The fraction of sp³-hybridized carbons (Fsp3) is 0.263. The number of rotatable bonds is 5. The molecule has 0 aromatic heterocycles. The van der Waals surface area contributed by atoms with Gasteiger partial charge in [-0.1, -0.05) is 18.2 Å². The highest BCUT2D eigenvalue weighted by Gasteiger charge is 2.21. The van der Waals surface area contributed by atoms with Crippen molar-refractivity contribution >= 4 is 17.7 Å². The average Bonchev–Trinajstić information content (AvgIpc) is 3.03. The molecule has 4 N–H and O–H groups in total. The first kappa shape index (κ1) is 16.8. The Morgan fingerprint density at radius 1 is 1.04 bits per heavy atom. The summed E-state index contributed by atoms with van der Waals surface area (Å²) in [6.45, 7) is 0. The minimum atomic E-state index is -1.11. The largest absolute Gasteiger partial charge is 0.508 e. The molecule has 0 heterocycles. The molecule has 1 aliphatic carbocycles. The number of phenolic OH excluding ortho intramolecular Hbond substituents is 1. The number of fused-ring (bicyclic) bond motifs is 1. The summed E-state index contributed by atoms with van der Waals surface area (Å²) < 4.78 is 0. The van der Waals surface area contributed by atoms with E-state index in [0.717, 1.165) is 19.3 Å². The van der Waals surface area contributed by atoms with Crippen LogP contribution >= 0.6 is 0 Å². The van der Waals surface area contributed by atoms with E-state index in [-0.39, 0.29) is 12.2 Å². The number of amides is 2. The summed E-state index contributed by atoms with van der Waals surface area (Å²) in [4.78, 5) is 23.6. The number of carboxylic acids is 1. The van der Waals surface area contributed by atoms with Gasteiger partial charge >= 0.3 is 12.0 Å². The minimum Gasteiger partial charge on any atom is -0.508 e. The van der Waals surface area contributed by atoms with Gasteiger partial charge in [0.1, 0.15) is 11.8 Å². The van der Waals surface area contributed by atoms with Crippen LogP contribution in [0.25, 0.3) is 0 Å². The molecule has 2 aromatic carbocycles. The molecule has 0 saturated heterocycles. The van der Waals surface area contributed by atoms with Crippen molar-refractivity contribution in [3.63, 3.8) is 0 Å². The lowest BCUT2D eigenvalue weighted by molar-refractivity contribution is -0.139. The summed E-state index contributed by atoms with van der Waals surface area (Å²) in [5, 5.41) is 23.8. The van der Waals surface area contributed by atoms with Gasteiger partial charge in [0.2, 0.25) is 0 Å². The maximum atomic E-state index is 12.1. The minimum absolute atomic E-state index is 0.109. The molecule has 0 saturated carbocycles. The maximum Gasteiger partial charge on any atom is 0.326 e. The van der Waals surface area contributed by atoms with Crippen LogP contribution in [-0.2, 0) is 24.1 Å². The van der Waals surface area contributed by atoms with Crippen molar-refractivity contribution in [2.75, 3.05) is 5.32 Å². The standard InChI is InChI=1S/C19H20N2O4/c22-16-8-4-12(5-9-16)10-17(18(23)24)21-19(25)20-15-7-6-13-2-1-3-14(13)11-15/h4-9,11,17,22H,1-3,10H2,(H,23,24)(H2,20,21,25). The number of phenols is 1. The third-order valence-electron chi connectivity index (χ3n) is 4.34. The predicted molar refractivity (Wildman–Crippen MR) is 93.9 cm³/mol. The Kier molecular flexibility index (Phi) is 4.88. The number of urea groups is 1. The van der Waals surface area contributed by atoms with E-state index in [1.54, 1.807) is 12.1 Å². The van der Waals surface area contributed by atoms with Crippen LogP contribution < -0.4 is 10.6 Å². The van der Waals surface area contributed by atoms with Crippen molar-refractivity contribution in [3.8, 4) is 5.75 Å². The Labute approximate surface area is 145 Å². The molecule has 0 spiro atoms. The molecular weight excluding hydrogens is 320 g/mol. The Hall–Kier alpha value is -3.02. The summed E-state index contributed by atoms with van der Waals surface area (Å²) in [6.07, 6.45) is 3.33. The van der Waals surface area contributed by atoms with Crippen molar-refractivity contribution < 1.29 is 19.8 Å². The van der Waals surface area contributed by atoms with E-state index in [4.69, 9.17) is 0 Å². The highest BCUT2D eigenvalue weighted by molar-refractivity contribution is 5.92. The smallest absolute Gasteiger partial charge is 0.326 e. The van der Waals surface area contributed by atoms with E-state index in [0.29, 0.717) is 11.3 Å².